The van der Waals surface area contributed by atoms with Crippen LogP contribution in [-0.4, -0.2) is 18.6 Å². The van der Waals surface area contributed by atoms with E-state index in [1.54, 1.807) is 18.4 Å². The molecule has 0 aliphatic carbocycles. The molecule has 148 valence electrons. The van der Waals surface area contributed by atoms with E-state index in [4.69, 9.17) is 9.72 Å². The molecule has 0 spiro atoms. The van der Waals surface area contributed by atoms with Gasteiger partial charge in [-0.05, 0) is 35.9 Å². The molecule has 0 saturated heterocycles. The van der Waals surface area contributed by atoms with Gasteiger partial charge in [0, 0.05) is 22.9 Å². The molecule has 0 radical (unpaired) electrons. The Morgan fingerprint density at radius 2 is 1.87 bits per heavy atom. The van der Waals surface area contributed by atoms with Gasteiger partial charge in [-0.3, -0.25) is 5.32 Å². The monoisotopic (exact) mass is 413 g/mol. The minimum Gasteiger partial charge on any atom is -0.497 e. The summed E-state index contributed by atoms with van der Waals surface area (Å²) in [6.07, 6.45) is 2.70. The maximum atomic E-state index is 9.54. The van der Waals surface area contributed by atoms with Crippen LogP contribution in [0.2, 0.25) is 0 Å². The number of nitriles is 1. The molecule has 0 aliphatic rings. The number of ether oxygens (including phenoxy) is 1. The number of benzene rings is 2. The lowest BCUT2D eigenvalue weighted by Crippen LogP contribution is -2.17. The normalized spacial score (nSPS) is 10.4. The fraction of sp³-hybridized carbons (Fsp3) is 0.125. The molecule has 0 unspecified atom stereocenters. The molecule has 6 heteroatoms. The second kappa shape index (κ2) is 9.21. The number of methoxy groups -OCH3 is 1. The quantitative estimate of drug-likeness (QED) is 0.471. The van der Waals surface area contributed by atoms with E-state index in [-0.39, 0.29) is 0 Å². The molecule has 2 aromatic carbocycles. The Balaban J connectivity index is 1.39. The number of aromatic amines is 1. The second-order valence-electron chi connectivity index (χ2n) is 6.69. The van der Waals surface area contributed by atoms with Crippen LogP contribution in [0.4, 0.5) is 5.82 Å². The number of anilines is 1. The molecule has 2 N–H and O–H groups in total. The Bertz CT molecular complexity index is 1160. The summed E-state index contributed by atoms with van der Waals surface area (Å²) in [5.74, 6) is 1.56. The number of pyridine rings is 1. The smallest absolute Gasteiger partial charge is 0.290 e. The van der Waals surface area contributed by atoms with E-state index in [0.717, 1.165) is 45.4 Å². The number of nitrogens with one attached hydrogen (secondary N) is 2. The molecule has 0 fully saturated rings. The van der Waals surface area contributed by atoms with Gasteiger partial charge in [-0.1, -0.05) is 30.3 Å². The van der Waals surface area contributed by atoms with Crippen molar-refractivity contribution in [1.29, 1.82) is 5.26 Å². The van der Waals surface area contributed by atoms with E-state index in [9.17, 15) is 5.26 Å². The van der Waals surface area contributed by atoms with Gasteiger partial charge in [-0.2, -0.15) is 5.26 Å². The highest BCUT2D eigenvalue weighted by molar-refractivity contribution is 7.09. The average molecular weight is 414 g/mol. The van der Waals surface area contributed by atoms with Crippen molar-refractivity contribution in [2.75, 3.05) is 19.0 Å². The van der Waals surface area contributed by atoms with Crippen LogP contribution in [0.5, 0.6) is 5.75 Å². The Kier molecular flexibility index (Phi) is 6.02. The molecule has 2 aromatic heterocycles. The first-order valence-electron chi connectivity index (χ1n) is 9.61. The average Bonchev–Trinajstić information content (AvgIpc) is 3.29. The lowest BCUT2D eigenvalue weighted by molar-refractivity contribution is -0.360. The summed E-state index contributed by atoms with van der Waals surface area (Å²) in [5.41, 5.74) is 4.69. The third-order valence-electron chi connectivity index (χ3n) is 4.75. The lowest BCUT2D eigenvalue weighted by atomic mass is 10.1. The van der Waals surface area contributed by atoms with Crippen molar-refractivity contribution in [3.63, 3.8) is 0 Å². The SMILES string of the molecule is COc1ccc(-c2csc(CCNc3[nH+]cc(-c4ccccc4)cc3C#N)n2)cc1. The summed E-state index contributed by atoms with van der Waals surface area (Å²) < 4.78 is 5.20. The molecular weight excluding hydrogens is 392 g/mol. The topological polar surface area (TPSA) is 72.1 Å². The first kappa shape index (κ1) is 19.6. The molecule has 30 heavy (non-hydrogen) atoms. The summed E-state index contributed by atoms with van der Waals surface area (Å²) in [6.45, 7) is 0.686. The van der Waals surface area contributed by atoms with Gasteiger partial charge in [-0.15, -0.1) is 11.3 Å². The summed E-state index contributed by atoms with van der Waals surface area (Å²) in [4.78, 5) is 7.95. The number of aromatic nitrogens is 2. The molecule has 0 atom stereocenters. The number of rotatable bonds is 7. The van der Waals surface area contributed by atoms with E-state index >= 15 is 0 Å². The Hall–Kier alpha value is -3.69. The molecule has 0 amide bonds. The number of nitrogens with zero attached hydrogens (tertiary/aromatic N) is 2. The lowest BCUT2D eigenvalue weighted by Gasteiger charge is -2.03. The zero-order valence-corrected chi connectivity index (χ0v) is 17.4. The van der Waals surface area contributed by atoms with Crippen LogP contribution in [-0.2, 0) is 6.42 Å². The van der Waals surface area contributed by atoms with Gasteiger partial charge in [0.2, 0.25) is 0 Å². The predicted octanol–water partition coefficient (Wildman–Crippen LogP) is 4.83. The van der Waals surface area contributed by atoms with Gasteiger partial charge in [0.25, 0.3) is 5.82 Å². The van der Waals surface area contributed by atoms with E-state index < -0.39 is 0 Å². The standard InChI is InChI=1S/C24H20N4OS/c1-29-21-9-7-18(8-10-21)22-16-30-23(28-22)11-12-26-24-19(14-25)13-20(15-27-24)17-5-3-2-4-6-17/h2-10,13,15-16H,11-12H2,1H3,(H,26,27)/p+1. The van der Waals surface area contributed by atoms with Crippen LogP contribution in [0, 0.1) is 11.3 Å². The zero-order valence-electron chi connectivity index (χ0n) is 16.6. The van der Waals surface area contributed by atoms with Crippen LogP contribution < -0.4 is 15.0 Å². The number of hydrogen-bond donors (Lipinski definition) is 1. The van der Waals surface area contributed by atoms with Crippen molar-refractivity contribution in [3.8, 4) is 34.2 Å². The predicted molar refractivity (Wildman–Crippen MR) is 119 cm³/mol. The fourth-order valence-electron chi connectivity index (χ4n) is 3.14. The van der Waals surface area contributed by atoms with Crippen LogP contribution >= 0.6 is 11.3 Å². The van der Waals surface area contributed by atoms with Gasteiger partial charge < -0.3 is 4.74 Å². The highest BCUT2D eigenvalue weighted by Crippen LogP contribution is 2.25. The summed E-state index contributed by atoms with van der Waals surface area (Å²) in [7, 11) is 1.66. The van der Waals surface area contributed by atoms with Gasteiger partial charge in [0.05, 0.1) is 30.6 Å². The molecule has 0 aliphatic heterocycles. The van der Waals surface area contributed by atoms with Crippen molar-refractivity contribution in [1.82, 2.24) is 4.98 Å². The number of thiazole rings is 1. The Labute approximate surface area is 179 Å². The Morgan fingerprint density at radius 3 is 2.60 bits per heavy atom. The van der Waals surface area contributed by atoms with Crippen LogP contribution in [0.1, 0.15) is 10.6 Å². The molecule has 0 bridgehead atoms. The first-order valence-corrected chi connectivity index (χ1v) is 10.5. The van der Waals surface area contributed by atoms with Crippen molar-refractivity contribution in [3.05, 3.63) is 82.8 Å². The van der Waals surface area contributed by atoms with Crippen molar-refractivity contribution >= 4 is 17.2 Å². The largest absolute Gasteiger partial charge is 0.497 e. The summed E-state index contributed by atoms with van der Waals surface area (Å²) in [5, 5.41) is 16.0. The molecule has 4 aromatic rings. The van der Waals surface area contributed by atoms with E-state index in [0.29, 0.717) is 12.1 Å². The van der Waals surface area contributed by atoms with Gasteiger partial charge in [-0.25, -0.2) is 9.97 Å². The van der Waals surface area contributed by atoms with E-state index in [1.165, 1.54) is 0 Å². The number of H-pyrrole nitrogens is 1. The maximum Gasteiger partial charge on any atom is 0.290 e. The summed E-state index contributed by atoms with van der Waals surface area (Å²) >= 11 is 1.64. The molecule has 5 nitrogen and oxygen atoms in total. The minimum atomic E-state index is 0.592. The molecule has 2 heterocycles. The van der Waals surface area contributed by atoms with Crippen LogP contribution in [0.15, 0.2) is 72.2 Å². The maximum absolute atomic E-state index is 9.54. The van der Waals surface area contributed by atoms with E-state index in [2.05, 4.69) is 21.8 Å². The number of hydrogen-bond acceptors (Lipinski definition) is 5. The molecular formula is C24H21N4OS+. The van der Waals surface area contributed by atoms with Gasteiger partial charge >= 0.3 is 0 Å². The third kappa shape index (κ3) is 4.48. The van der Waals surface area contributed by atoms with Crippen LogP contribution in [0.25, 0.3) is 22.4 Å². The summed E-state index contributed by atoms with van der Waals surface area (Å²) in [6, 6.07) is 22.1. The second-order valence-corrected chi connectivity index (χ2v) is 7.63. The zero-order chi connectivity index (χ0) is 20.8. The first-order chi connectivity index (χ1) is 14.8. The molecule has 0 saturated carbocycles. The van der Waals surface area contributed by atoms with Crippen LogP contribution in [0.3, 0.4) is 0 Å². The minimum absolute atomic E-state index is 0.592. The van der Waals surface area contributed by atoms with Gasteiger partial charge in [0.1, 0.15) is 17.4 Å². The molecule has 4 rings (SSSR count). The Morgan fingerprint density at radius 1 is 1.07 bits per heavy atom. The van der Waals surface area contributed by atoms with Crippen molar-refractivity contribution in [2.45, 2.75) is 6.42 Å². The third-order valence-corrected chi connectivity index (χ3v) is 5.66. The van der Waals surface area contributed by atoms with E-state index in [1.807, 2.05) is 66.9 Å². The highest BCUT2D eigenvalue weighted by Gasteiger charge is 2.13. The fourth-order valence-corrected chi connectivity index (χ4v) is 3.95. The van der Waals surface area contributed by atoms with Crippen molar-refractivity contribution in [2.24, 2.45) is 0 Å². The van der Waals surface area contributed by atoms with Gasteiger partial charge in [0.15, 0.2) is 0 Å². The van der Waals surface area contributed by atoms with Crippen molar-refractivity contribution < 1.29 is 9.72 Å². The highest BCUT2D eigenvalue weighted by atomic mass is 32.1.